The molecule has 0 spiro atoms. The summed E-state index contributed by atoms with van der Waals surface area (Å²) in [6.07, 6.45) is 2.97. The van der Waals surface area contributed by atoms with Gasteiger partial charge in [0.25, 0.3) is 0 Å². The summed E-state index contributed by atoms with van der Waals surface area (Å²) >= 11 is 0. The van der Waals surface area contributed by atoms with Gasteiger partial charge in [-0.05, 0) is 23.1 Å². The van der Waals surface area contributed by atoms with E-state index in [9.17, 15) is 4.79 Å². The van der Waals surface area contributed by atoms with Crippen LogP contribution in [0.2, 0.25) is 0 Å². The third-order valence-electron chi connectivity index (χ3n) is 3.24. The fourth-order valence-electron chi connectivity index (χ4n) is 2.40. The van der Waals surface area contributed by atoms with E-state index in [0.717, 1.165) is 17.7 Å². The van der Waals surface area contributed by atoms with Crippen LogP contribution in [0.5, 0.6) is 0 Å². The molecule has 2 aliphatic rings. The Morgan fingerprint density at radius 1 is 1.29 bits per heavy atom. The largest absolute Gasteiger partial charge is 0.327 e. The van der Waals surface area contributed by atoms with Gasteiger partial charge in [-0.2, -0.15) is 0 Å². The van der Waals surface area contributed by atoms with Gasteiger partial charge in [-0.25, -0.2) is 0 Å². The van der Waals surface area contributed by atoms with Gasteiger partial charge in [0.1, 0.15) is 6.04 Å². The summed E-state index contributed by atoms with van der Waals surface area (Å²) in [6.45, 7) is 4.39. The van der Waals surface area contributed by atoms with E-state index in [1.54, 1.807) is 0 Å². The summed E-state index contributed by atoms with van der Waals surface area (Å²) in [4.78, 5) is 11.9. The van der Waals surface area contributed by atoms with Gasteiger partial charge in [-0.3, -0.25) is 10.1 Å². The number of hydrogen-bond donors (Lipinski definition) is 2. The van der Waals surface area contributed by atoms with E-state index in [-0.39, 0.29) is 11.9 Å². The molecule has 1 amide bonds. The van der Waals surface area contributed by atoms with E-state index in [1.165, 1.54) is 11.1 Å². The minimum absolute atomic E-state index is 0.000283. The number of hydrogen-bond acceptors (Lipinski definition) is 2. The predicted octanol–water partition coefficient (Wildman–Crippen LogP) is 1.23. The van der Waals surface area contributed by atoms with Crippen LogP contribution in [0.25, 0.3) is 6.08 Å². The molecule has 17 heavy (non-hydrogen) atoms. The molecule has 2 N–H and O–H groups in total. The lowest BCUT2D eigenvalue weighted by Gasteiger charge is -2.26. The predicted molar refractivity (Wildman–Crippen MR) is 67.2 cm³/mol. The maximum Gasteiger partial charge on any atom is 0.245 e. The van der Waals surface area contributed by atoms with E-state index in [1.807, 2.05) is 12.1 Å². The van der Waals surface area contributed by atoms with E-state index in [4.69, 9.17) is 0 Å². The molecule has 0 aromatic heterocycles. The fourth-order valence-corrected chi connectivity index (χ4v) is 2.40. The standard InChI is InChI=1S/C14H14N2O/c1-9-8-15-13(14(17)16-9)12-6-10-4-2-3-5-11(10)7-12/h2-6,13,15H,1,7-8H2,(H,16,17). The lowest BCUT2D eigenvalue weighted by atomic mass is 10.0. The molecular formula is C14H14N2O. The first kappa shape index (κ1) is 10.3. The topological polar surface area (TPSA) is 41.1 Å². The molecule has 0 bridgehead atoms. The summed E-state index contributed by atoms with van der Waals surface area (Å²) in [5.74, 6) is 0.000283. The van der Waals surface area contributed by atoms with E-state index < -0.39 is 0 Å². The smallest absolute Gasteiger partial charge is 0.245 e. The molecule has 3 nitrogen and oxygen atoms in total. The molecule has 1 aliphatic carbocycles. The van der Waals surface area contributed by atoms with Crippen LogP contribution in [0.4, 0.5) is 0 Å². The monoisotopic (exact) mass is 226 g/mol. The Morgan fingerprint density at radius 2 is 2.12 bits per heavy atom. The molecule has 1 aliphatic heterocycles. The average molecular weight is 226 g/mol. The summed E-state index contributed by atoms with van der Waals surface area (Å²) in [7, 11) is 0. The third kappa shape index (κ3) is 1.78. The molecule has 1 heterocycles. The van der Waals surface area contributed by atoms with Crippen LogP contribution in [0, 0.1) is 0 Å². The Hall–Kier alpha value is -1.87. The lowest BCUT2D eigenvalue weighted by Crippen LogP contribution is -2.52. The van der Waals surface area contributed by atoms with Gasteiger partial charge in [-0.15, -0.1) is 0 Å². The summed E-state index contributed by atoms with van der Waals surface area (Å²) in [5, 5.41) is 6.01. The van der Waals surface area contributed by atoms with Gasteiger partial charge >= 0.3 is 0 Å². The van der Waals surface area contributed by atoms with Crippen molar-refractivity contribution in [1.29, 1.82) is 0 Å². The number of carbonyl (C=O) groups is 1. The van der Waals surface area contributed by atoms with Gasteiger partial charge in [0.2, 0.25) is 5.91 Å². The van der Waals surface area contributed by atoms with Crippen LogP contribution in [0.1, 0.15) is 11.1 Å². The van der Waals surface area contributed by atoms with Crippen LogP contribution in [0.15, 0.2) is 42.1 Å². The molecule has 0 saturated carbocycles. The minimum Gasteiger partial charge on any atom is -0.327 e. The normalized spacial score (nSPS) is 23.1. The zero-order valence-corrected chi connectivity index (χ0v) is 9.49. The van der Waals surface area contributed by atoms with Crippen molar-refractivity contribution in [3.63, 3.8) is 0 Å². The van der Waals surface area contributed by atoms with Crippen LogP contribution >= 0.6 is 0 Å². The second-order valence-electron chi connectivity index (χ2n) is 4.50. The molecule has 1 aromatic carbocycles. The Morgan fingerprint density at radius 3 is 2.88 bits per heavy atom. The molecule has 1 atom stereocenters. The van der Waals surface area contributed by atoms with Crippen LogP contribution in [0.3, 0.4) is 0 Å². The molecule has 1 unspecified atom stereocenters. The van der Waals surface area contributed by atoms with Crippen molar-refractivity contribution in [1.82, 2.24) is 10.6 Å². The maximum atomic E-state index is 11.9. The number of benzene rings is 1. The number of rotatable bonds is 1. The fraction of sp³-hybridized carbons (Fsp3) is 0.214. The molecule has 3 rings (SSSR count). The van der Waals surface area contributed by atoms with Gasteiger partial charge in [0.05, 0.1) is 0 Å². The van der Waals surface area contributed by atoms with Crippen molar-refractivity contribution in [2.24, 2.45) is 0 Å². The van der Waals surface area contributed by atoms with E-state index >= 15 is 0 Å². The van der Waals surface area contributed by atoms with Crippen molar-refractivity contribution in [3.05, 3.63) is 53.2 Å². The molecule has 1 fully saturated rings. The number of fused-ring (bicyclic) bond motifs is 1. The summed E-state index contributed by atoms with van der Waals surface area (Å²) < 4.78 is 0. The minimum atomic E-state index is -0.215. The average Bonchev–Trinajstić information content (AvgIpc) is 2.72. The Bertz CT molecular complexity index is 531. The zero-order chi connectivity index (χ0) is 11.8. The van der Waals surface area contributed by atoms with Crippen molar-refractivity contribution < 1.29 is 4.79 Å². The Labute approximate surface area is 100 Å². The third-order valence-corrected chi connectivity index (χ3v) is 3.24. The first-order chi connectivity index (χ1) is 8.24. The van der Waals surface area contributed by atoms with Crippen molar-refractivity contribution >= 4 is 12.0 Å². The van der Waals surface area contributed by atoms with Crippen LogP contribution in [-0.2, 0) is 11.2 Å². The summed E-state index contributed by atoms with van der Waals surface area (Å²) in [6, 6.07) is 8.04. The number of carbonyl (C=O) groups excluding carboxylic acids is 1. The molecule has 3 heteroatoms. The Balaban J connectivity index is 1.84. The molecule has 1 aromatic rings. The first-order valence-electron chi connectivity index (χ1n) is 5.74. The highest BCUT2D eigenvalue weighted by Gasteiger charge is 2.29. The molecule has 0 radical (unpaired) electrons. The van der Waals surface area contributed by atoms with Crippen LogP contribution in [-0.4, -0.2) is 18.5 Å². The molecule has 86 valence electrons. The van der Waals surface area contributed by atoms with Gasteiger partial charge in [-0.1, -0.05) is 36.9 Å². The van der Waals surface area contributed by atoms with Gasteiger partial charge in [0, 0.05) is 12.2 Å². The maximum absolute atomic E-state index is 11.9. The second-order valence-corrected chi connectivity index (χ2v) is 4.50. The SMILES string of the molecule is C=C1CNC(C2=Cc3ccccc3C2)C(=O)N1. The molecule has 1 saturated heterocycles. The number of amides is 1. The second kappa shape index (κ2) is 3.86. The van der Waals surface area contributed by atoms with Crippen molar-refractivity contribution in [3.8, 4) is 0 Å². The quantitative estimate of drug-likeness (QED) is 0.756. The highest BCUT2D eigenvalue weighted by Crippen LogP contribution is 2.27. The summed E-state index contributed by atoms with van der Waals surface area (Å²) in [5.41, 5.74) is 4.39. The highest BCUT2D eigenvalue weighted by atomic mass is 16.2. The highest BCUT2D eigenvalue weighted by molar-refractivity contribution is 5.89. The number of piperazine rings is 1. The zero-order valence-electron chi connectivity index (χ0n) is 9.49. The van der Waals surface area contributed by atoms with Crippen molar-refractivity contribution in [2.45, 2.75) is 12.5 Å². The Kier molecular flexibility index (Phi) is 2.34. The lowest BCUT2D eigenvalue weighted by molar-refractivity contribution is -0.122. The van der Waals surface area contributed by atoms with E-state index in [2.05, 4.69) is 35.4 Å². The van der Waals surface area contributed by atoms with Gasteiger partial charge < -0.3 is 5.32 Å². The molecular weight excluding hydrogens is 212 g/mol. The van der Waals surface area contributed by atoms with E-state index in [0.29, 0.717) is 6.54 Å². The van der Waals surface area contributed by atoms with Crippen LogP contribution < -0.4 is 10.6 Å². The number of nitrogens with one attached hydrogen (secondary N) is 2. The van der Waals surface area contributed by atoms with Crippen molar-refractivity contribution in [2.75, 3.05) is 6.54 Å². The van der Waals surface area contributed by atoms with Gasteiger partial charge in [0.15, 0.2) is 0 Å². The first-order valence-corrected chi connectivity index (χ1v) is 5.74.